The molecule has 2 heterocycles. The zero-order valence-electron chi connectivity index (χ0n) is 16.1. The molecule has 0 saturated heterocycles. The summed E-state index contributed by atoms with van der Waals surface area (Å²) in [7, 11) is 0. The van der Waals surface area contributed by atoms with E-state index in [1.165, 1.54) is 25.9 Å². The molecule has 0 aliphatic carbocycles. The van der Waals surface area contributed by atoms with Crippen LogP contribution in [0.25, 0.3) is 17.2 Å². The highest BCUT2D eigenvalue weighted by atomic mass is 16.1. The quantitative estimate of drug-likeness (QED) is 0.597. The number of aromatic nitrogens is 1. The standard InChI is InChI=1S/C16H13N3O.C6H15N/c17-16-7-11(10-20)6-13-4-3-12(8-15(13)19-16)14-2-1-5-18-9-14;1-3-5-7-6-4-2/h1-6,8-10H,7H2,(H2,17,19);7H,3-6H2,1-2H3. The zero-order valence-corrected chi connectivity index (χ0v) is 16.1. The van der Waals surface area contributed by atoms with Crippen LogP contribution in [0, 0.1) is 0 Å². The van der Waals surface area contributed by atoms with Gasteiger partial charge in [0.2, 0.25) is 0 Å². The highest BCUT2D eigenvalue weighted by molar-refractivity contribution is 5.98. The Hall–Kier alpha value is -2.79. The molecule has 5 nitrogen and oxygen atoms in total. The van der Waals surface area contributed by atoms with Gasteiger partial charge in [-0.2, -0.15) is 0 Å². The first-order valence-corrected chi connectivity index (χ1v) is 9.41. The smallest absolute Gasteiger partial charge is 0.146 e. The molecule has 0 atom stereocenters. The number of aldehydes is 1. The molecule has 1 aliphatic heterocycles. The number of aliphatic imine (C=N–C) groups is 1. The molecule has 0 fully saturated rings. The van der Waals surface area contributed by atoms with Crippen LogP contribution in [0.2, 0.25) is 0 Å². The van der Waals surface area contributed by atoms with Gasteiger partial charge < -0.3 is 11.1 Å². The predicted octanol–water partition coefficient (Wildman–Crippen LogP) is 4.12. The van der Waals surface area contributed by atoms with Gasteiger partial charge in [0.15, 0.2) is 0 Å². The molecule has 0 spiro atoms. The molecule has 0 amide bonds. The second-order valence-electron chi connectivity index (χ2n) is 6.38. The van der Waals surface area contributed by atoms with Crippen molar-refractivity contribution in [3.63, 3.8) is 0 Å². The number of hydrogen-bond acceptors (Lipinski definition) is 5. The van der Waals surface area contributed by atoms with Gasteiger partial charge in [-0.1, -0.05) is 32.0 Å². The minimum Gasteiger partial charge on any atom is -0.387 e. The summed E-state index contributed by atoms with van der Waals surface area (Å²) in [4.78, 5) is 19.5. The SMILES string of the molecule is CCCNCCC.NC1=Nc2cc(-c3cccnc3)ccc2C=C(C=O)C1. The van der Waals surface area contributed by atoms with Crippen LogP contribution in [0.1, 0.15) is 38.7 Å². The molecule has 5 heteroatoms. The summed E-state index contributed by atoms with van der Waals surface area (Å²) in [6, 6.07) is 9.78. The van der Waals surface area contributed by atoms with E-state index in [9.17, 15) is 4.79 Å². The van der Waals surface area contributed by atoms with Crippen molar-refractivity contribution in [1.29, 1.82) is 0 Å². The van der Waals surface area contributed by atoms with Crippen LogP contribution in [-0.2, 0) is 4.79 Å². The van der Waals surface area contributed by atoms with E-state index in [0.717, 1.165) is 28.7 Å². The fraction of sp³-hybridized carbons (Fsp3) is 0.318. The largest absolute Gasteiger partial charge is 0.387 e. The van der Waals surface area contributed by atoms with Crippen molar-refractivity contribution in [1.82, 2.24) is 10.3 Å². The highest BCUT2D eigenvalue weighted by Gasteiger charge is 2.10. The minimum absolute atomic E-state index is 0.389. The number of amidine groups is 1. The van der Waals surface area contributed by atoms with Gasteiger partial charge in [-0.05, 0) is 49.7 Å². The third-order valence-corrected chi connectivity index (χ3v) is 4.02. The number of nitrogens with two attached hydrogens (primary N) is 1. The van der Waals surface area contributed by atoms with Crippen molar-refractivity contribution in [2.45, 2.75) is 33.1 Å². The van der Waals surface area contributed by atoms with Gasteiger partial charge in [0, 0.05) is 35.5 Å². The summed E-state index contributed by atoms with van der Waals surface area (Å²) < 4.78 is 0. The van der Waals surface area contributed by atoms with Gasteiger partial charge in [0.05, 0.1) is 5.69 Å². The number of benzene rings is 1. The first kappa shape index (κ1) is 20.5. The molecule has 1 aromatic heterocycles. The lowest BCUT2D eigenvalue weighted by molar-refractivity contribution is -0.104. The fourth-order valence-corrected chi connectivity index (χ4v) is 2.68. The lowest BCUT2D eigenvalue weighted by Gasteiger charge is -2.05. The van der Waals surface area contributed by atoms with E-state index in [1.807, 2.05) is 36.4 Å². The Labute approximate surface area is 161 Å². The molecule has 0 unspecified atom stereocenters. The zero-order chi connectivity index (χ0) is 19.5. The van der Waals surface area contributed by atoms with Gasteiger partial charge in [0.1, 0.15) is 12.1 Å². The van der Waals surface area contributed by atoms with Gasteiger partial charge in [-0.25, -0.2) is 4.99 Å². The Kier molecular flexibility index (Phi) is 8.39. The highest BCUT2D eigenvalue weighted by Crippen LogP contribution is 2.30. The number of carbonyl (C=O) groups excluding carboxylic acids is 1. The van der Waals surface area contributed by atoms with E-state index >= 15 is 0 Å². The number of pyridine rings is 1. The van der Waals surface area contributed by atoms with Crippen LogP contribution in [-0.4, -0.2) is 30.2 Å². The summed E-state index contributed by atoms with van der Waals surface area (Å²) in [5.41, 5.74) is 10.2. The second-order valence-corrected chi connectivity index (χ2v) is 6.38. The van der Waals surface area contributed by atoms with Crippen LogP contribution in [0.5, 0.6) is 0 Å². The Morgan fingerprint density at radius 1 is 1.15 bits per heavy atom. The lowest BCUT2D eigenvalue weighted by Crippen LogP contribution is -2.14. The number of hydrogen-bond donors (Lipinski definition) is 2. The Bertz CT molecular complexity index is 793. The van der Waals surface area contributed by atoms with Crippen LogP contribution in [0.3, 0.4) is 0 Å². The second kappa shape index (κ2) is 11.0. The third-order valence-electron chi connectivity index (χ3n) is 4.02. The number of carbonyl (C=O) groups is 1. The molecule has 0 bridgehead atoms. The minimum atomic E-state index is 0.389. The number of nitrogens with one attached hydrogen (secondary N) is 1. The lowest BCUT2D eigenvalue weighted by atomic mass is 10.0. The van der Waals surface area contributed by atoms with Crippen LogP contribution in [0.4, 0.5) is 5.69 Å². The van der Waals surface area contributed by atoms with Crippen molar-refractivity contribution in [2.75, 3.05) is 13.1 Å². The summed E-state index contributed by atoms with van der Waals surface area (Å²) in [5, 5.41) is 3.28. The maximum Gasteiger partial charge on any atom is 0.146 e. The fourth-order valence-electron chi connectivity index (χ4n) is 2.68. The van der Waals surface area contributed by atoms with Crippen molar-refractivity contribution in [3.8, 4) is 11.1 Å². The summed E-state index contributed by atoms with van der Waals surface area (Å²) in [6.45, 7) is 6.72. The van der Waals surface area contributed by atoms with E-state index in [0.29, 0.717) is 17.8 Å². The predicted molar refractivity (Wildman–Crippen MR) is 113 cm³/mol. The average Bonchev–Trinajstić information content (AvgIpc) is 2.86. The van der Waals surface area contributed by atoms with Crippen LogP contribution in [0.15, 0.2) is 53.3 Å². The average molecular weight is 364 g/mol. The monoisotopic (exact) mass is 364 g/mol. The molecular formula is C22H28N4O. The first-order valence-electron chi connectivity index (χ1n) is 9.41. The number of fused-ring (bicyclic) bond motifs is 1. The summed E-state index contributed by atoms with van der Waals surface area (Å²) >= 11 is 0. The van der Waals surface area contributed by atoms with Gasteiger partial charge in [0.25, 0.3) is 0 Å². The van der Waals surface area contributed by atoms with Crippen molar-refractivity contribution < 1.29 is 4.79 Å². The van der Waals surface area contributed by atoms with Crippen LogP contribution >= 0.6 is 0 Å². The van der Waals surface area contributed by atoms with Gasteiger partial charge in [-0.15, -0.1) is 0 Å². The van der Waals surface area contributed by atoms with Crippen molar-refractivity contribution >= 4 is 23.9 Å². The molecule has 3 rings (SSSR count). The van der Waals surface area contributed by atoms with Crippen molar-refractivity contribution in [3.05, 3.63) is 53.9 Å². The van der Waals surface area contributed by atoms with E-state index in [1.54, 1.807) is 12.4 Å². The van der Waals surface area contributed by atoms with Gasteiger partial charge in [-0.3, -0.25) is 9.78 Å². The summed E-state index contributed by atoms with van der Waals surface area (Å²) in [6.07, 6.45) is 9.09. The van der Waals surface area contributed by atoms with E-state index in [2.05, 4.69) is 29.1 Å². The van der Waals surface area contributed by atoms with E-state index in [4.69, 9.17) is 5.73 Å². The molecule has 2 aromatic rings. The summed E-state index contributed by atoms with van der Waals surface area (Å²) in [5.74, 6) is 0.449. The Morgan fingerprint density at radius 2 is 1.93 bits per heavy atom. The molecule has 0 radical (unpaired) electrons. The molecule has 142 valence electrons. The Morgan fingerprint density at radius 3 is 2.56 bits per heavy atom. The normalized spacial score (nSPS) is 12.7. The molecule has 0 saturated carbocycles. The number of rotatable bonds is 6. The topological polar surface area (TPSA) is 80.4 Å². The molecule has 1 aliphatic rings. The molecular weight excluding hydrogens is 336 g/mol. The maximum absolute atomic E-state index is 11.0. The van der Waals surface area contributed by atoms with Crippen molar-refractivity contribution in [2.24, 2.45) is 10.7 Å². The molecule has 3 N–H and O–H groups in total. The van der Waals surface area contributed by atoms with E-state index in [-0.39, 0.29) is 0 Å². The third kappa shape index (κ3) is 6.46. The van der Waals surface area contributed by atoms with Crippen LogP contribution < -0.4 is 11.1 Å². The molecule has 1 aromatic carbocycles. The maximum atomic E-state index is 11.0. The number of nitrogens with zero attached hydrogens (tertiary/aromatic N) is 2. The first-order chi connectivity index (χ1) is 13.2. The van der Waals surface area contributed by atoms with E-state index < -0.39 is 0 Å². The molecule has 27 heavy (non-hydrogen) atoms. The Balaban J connectivity index is 0.000000321. The van der Waals surface area contributed by atoms with Gasteiger partial charge >= 0.3 is 0 Å².